The molecule has 0 saturated carbocycles. The molecule has 2 N–H and O–H groups in total. The van der Waals surface area contributed by atoms with Gasteiger partial charge in [-0.15, -0.1) is 0 Å². The second-order valence-corrected chi connectivity index (χ2v) is 5.39. The third kappa shape index (κ3) is 2.99. The Hall–Kier alpha value is -1.60. The van der Waals surface area contributed by atoms with Crippen molar-refractivity contribution < 1.29 is 0 Å². The minimum Gasteiger partial charge on any atom is -0.369 e. The number of aromatic nitrogens is 1. The lowest BCUT2D eigenvalue weighted by Crippen LogP contribution is -2.42. The zero-order valence-electron chi connectivity index (χ0n) is 11.1. The standard InChI is InChI=1S/C14H20N4/c1-11-12(8-15)4-5-13(18-11)17-10-14(2)6-3-7-16-9-14/h4-5,16H,3,6-7,9-10H2,1-2H3,(H,17,18). The number of piperidine rings is 1. The summed E-state index contributed by atoms with van der Waals surface area (Å²) in [5.74, 6) is 0.860. The summed E-state index contributed by atoms with van der Waals surface area (Å²) in [5.41, 5.74) is 1.72. The van der Waals surface area contributed by atoms with Crippen molar-refractivity contribution in [1.82, 2.24) is 10.3 Å². The fraction of sp³-hybridized carbons (Fsp3) is 0.571. The van der Waals surface area contributed by atoms with Gasteiger partial charge in [-0.05, 0) is 43.9 Å². The van der Waals surface area contributed by atoms with E-state index in [0.717, 1.165) is 31.1 Å². The lowest BCUT2D eigenvalue weighted by molar-refractivity contribution is 0.253. The van der Waals surface area contributed by atoms with Gasteiger partial charge >= 0.3 is 0 Å². The number of aryl methyl sites for hydroxylation is 1. The molecule has 96 valence electrons. The smallest absolute Gasteiger partial charge is 0.126 e. The molecule has 0 aromatic carbocycles. The van der Waals surface area contributed by atoms with Gasteiger partial charge in [-0.25, -0.2) is 4.98 Å². The van der Waals surface area contributed by atoms with Crippen molar-refractivity contribution in [2.45, 2.75) is 26.7 Å². The average molecular weight is 244 g/mol. The normalized spacial score (nSPS) is 23.4. The van der Waals surface area contributed by atoms with Gasteiger partial charge in [0.1, 0.15) is 11.9 Å². The van der Waals surface area contributed by atoms with Gasteiger partial charge in [-0.1, -0.05) is 6.92 Å². The van der Waals surface area contributed by atoms with Gasteiger partial charge in [0.15, 0.2) is 0 Å². The molecule has 1 aromatic rings. The Morgan fingerprint density at radius 2 is 2.39 bits per heavy atom. The molecule has 0 bridgehead atoms. The van der Waals surface area contributed by atoms with Crippen LogP contribution in [0.3, 0.4) is 0 Å². The molecule has 0 spiro atoms. The van der Waals surface area contributed by atoms with Crippen LogP contribution in [0.5, 0.6) is 0 Å². The molecular weight excluding hydrogens is 224 g/mol. The number of rotatable bonds is 3. The van der Waals surface area contributed by atoms with Crippen LogP contribution in [0.25, 0.3) is 0 Å². The molecule has 2 rings (SSSR count). The third-order valence-electron chi connectivity index (χ3n) is 3.59. The molecule has 0 radical (unpaired) electrons. The van der Waals surface area contributed by atoms with E-state index in [1.165, 1.54) is 12.8 Å². The summed E-state index contributed by atoms with van der Waals surface area (Å²) >= 11 is 0. The number of anilines is 1. The molecule has 1 atom stereocenters. The molecule has 0 aliphatic carbocycles. The summed E-state index contributed by atoms with van der Waals surface area (Å²) in [6.07, 6.45) is 2.47. The van der Waals surface area contributed by atoms with Crippen LogP contribution in [-0.2, 0) is 0 Å². The highest BCUT2D eigenvalue weighted by atomic mass is 15.0. The fourth-order valence-electron chi connectivity index (χ4n) is 2.35. The molecule has 1 saturated heterocycles. The summed E-state index contributed by atoms with van der Waals surface area (Å²) in [7, 11) is 0. The van der Waals surface area contributed by atoms with Crippen LogP contribution in [0.4, 0.5) is 5.82 Å². The first-order chi connectivity index (χ1) is 8.63. The maximum absolute atomic E-state index is 8.87. The van der Waals surface area contributed by atoms with Crippen LogP contribution < -0.4 is 10.6 Å². The van der Waals surface area contributed by atoms with Crippen molar-refractivity contribution in [1.29, 1.82) is 5.26 Å². The van der Waals surface area contributed by atoms with Gasteiger partial charge in [0, 0.05) is 13.1 Å². The molecule has 0 amide bonds. The minimum absolute atomic E-state index is 0.293. The average Bonchev–Trinajstić information content (AvgIpc) is 2.38. The highest BCUT2D eigenvalue weighted by Crippen LogP contribution is 2.25. The molecule has 2 heterocycles. The summed E-state index contributed by atoms with van der Waals surface area (Å²) < 4.78 is 0. The maximum Gasteiger partial charge on any atom is 0.126 e. The van der Waals surface area contributed by atoms with Crippen LogP contribution in [-0.4, -0.2) is 24.6 Å². The van der Waals surface area contributed by atoms with Gasteiger partial charge in [0.25, 0.3) is 0 Å². The van der Waals surface area contributed by atoms with E-state index in [-0.39, 0.29) is 0 Å². The van der Waals surface area contributed by atoms with Crippen molar-refractivity contribution in [2.24, 2.45) is 5.41 Å². The first-order valence-corrected chi connectivity index (χ1v) is 6.45. The summed E-state index contributed by atoms with van der Waals surface area (Å²) in [6, 6.07) is 5.84. The maximum atomic E-state index is 8.87. The summed E-state index contributed by atoms with van der Waals surface area (Å²) in [5, 5.41) is 15.7. The van der Waals surface area contributed by atoms with Crippen LogP contribution in [0, 0.1) is 23.7 Å². The van der Waals surface area contributed by atoms with E-state index in [2.05, 4.69) is 28.6 Å². The summed E-state index contributed by atoms with van der Waals surface area (Å²) in [4.78, 5) is 4.41. The Morgan fingerprint density at radius 3 is 3.00 bits per heavy atom. The van der Waals surface area contributed by atoms with Gasteiger partial charge in [0.05, 0.1) is 11.3 Å². The topological polar surface area (TPSA) is 60.7 Å². The van der Waals surface area contributed by atoms with Crippen LogP contribution >= 0.6 is 0 Å². The molecule has 4 heteroatoms. The number of nitrogens with zero attached hydrogens (tertiary/aromatic N) is 2. The lowest BCUT2D eigenvalue weighted by Gasteiger charge is -2.34. The van der Waals surface area contributed by atoms with E-state index in [9.17, 15) is 0 Å². The lowest BCUT2D eigenvalue weighted by atomic mass is 9.83. The predicted molar refractivity (Wildman–Crippen MR) is 72.4 cm³/mol. The number of pyridine rings is 1. The first-order valence-electron chi connectivity index (χ1n) is 6.45. The van der Waals surface area contributed by atoms with E-state index in [4.69, 9.17) is 5.26 Å². The molecule has 1 aliphatic rings. The molecule has 18 heavy (non-hydrogen) atoms. The van der Waals surface area contributed by atoms with E-state index >= 15 is 0 Å². The van der Waals surface area contributed by atoms with Crippen molar-refractivity contribution in [3.05, 3.63) is 23.4 Å². The number of nitriles is 1. The minimum atomic E-state index is 0.293. The third-order valence-corrected chi connectivity index (χ3v) is 3.59. The first kappa shape index (κ1) is 12.8. The van der Waals surface area contributed by atoms with E-state index in [1.807, 2.05) is 19.1 Å². The number of hydrogen-bond acceptors (Lipinski definition) is 4. The Morgan fingerprint density at radius 1 is 1.56 bits per heavy atom. The zero-order chi connectivity index (χ0) is 13.0. The SMILES string of the molecule is Cc1nc(NCC2(C)CCCNC2)ccc1C#N. The van der Waals surface area contributed by atoms with E-state index in [1.54, 1.807) is 0 Å². The van der Waals surface area contributed by atoms with Gasteiger partial charge in [-0.3, -0.25) is 0 Å². The van der Waals surface area contributed by atoms with E-state index in [0.29, 0.717) is 11.0 Å². The Balaban J connectivity index is 1.98. The molecule has 1 unspecified atom stereocenters. The molecule has 4 nitrogen and oxygen atoms in total. The quantitative estimate of drug-likeness (QED) is 0.854. The highest BCUT2D eigenvalue weighted by Gasteiger charge is 2.26. The molecular formula is C14H20N4. The van der Waals surface area contributed by atoms with Crippen molar-refractivity contribution in [3.8, 4) is 6.07 Å². The second kappa shape index (κ2) is 5.36. The second-order valence-electron chi connectivity index (χ2n) is 5.39. The van der Waals surface area contributed by atoms with Crippen molar-refractivity contribution in [3.63, 3.8) is 0 Å². The predicted octanol–water partition coefficient (Wildman–Crippen LogP) is 2.06. The molecule has 1 fully saturated rings. The van der Waals surface area contributed by atoms with Crippen LogP contribution in [0.2, 0.25) is 0 Å². The molecule has 1 aromatic heterocycles. The van der Waals surface area contributed by atoms with Gasteiger partial charge in [0.2, 0.25) is 0 Å². The monoisotopic (exact) mass is 244 g/mol. The van der Waals surface area contributed by atoms with Crippen molar-refractivity contribution in [2.75, 3.05) is 25.0 Å². The fourth-order valence-corrected chi connectivity index (χ4v) is 2.35. The Labute approximate surface area is 108 Å². The Kier molecular flexibility index (Phi) is 3.83. The number of hydrogen-bond donors (Lipinski definition) is 2. The zero-order valence-corrected chi connectivity index (χ0v) is 11.1. The van der Waals surface area contributed by atoms with Gasteiger partial charge in [-0.2, -0.15) is 5.26 Å². The van der Waals surface area contributed by atoms with Crippen LogP contribution in [0.1, 0.15) is 31.0 Å². The van der Waals surface area contributed by atoms with Gasteiger partial charge < -0.3 is 10.6 Å². The molecule has 1 aliphatic heterocycles. The van der Waals surface area contributed by atoms with E-state index < -0.39 is 0 Å². The van der Waals surface area contributed by atoms with Crippen LogP contribution in [0.15, 0.2) is 12.1 Å². The highest BCUT2D eigenvalue weighted by molar-refractivity contribution is 5.43. The van der Waals surface area contributed by atoms with Crippen molar-refractivity contribution >= 4 is 5.82 Å². The Bertz CT molecular complexity index is 455. The largest absolute Gasteiger partial charge is 0.369 e. The summed E-state index contributed by atoms with van der Waals surface area (Å²) in [6.45, 7) is 7.26. The number of nitrogens with one attached hydrogen (secondary N) is 2.